The van der Waals surface area contributed by atoms with E-state index >= 15 is 0 Å². The van der Waals surface area contributed by atoms with Crippen molar-refractivity contribution in [2.75, 3.05) is 0 Å². The summed E-state index contributed by atoms with van der Waals surface area (Å²) < 4.78 is 4.97. The molecule has 0 radical (unpaired) electrons. The number of benzene rings is 2. The molecule has 2 aromatic carbocycles. The zero-order valence-electron chi connectivity index (χ0n) is 16.2. The van der Waals surface area contributed by atoms with Gasteiger partial charge in [-0.05, 0) is 54.9 Å². The Morgan fingerprint density at radius 3 is 2.60 bits per heavy atom. The van der Waals surface area contributed by atoms with E-state index in [1.165, 1.54) is 52.0 Å². The molecule has 0 amide bonds. The van der Waals surface area contributed by atoms with Crippen LogP contribution in [-0.2, 0) is 26.4 Å². The van der Waals surface area contributed by atoms with E-state index in [0.29, 0.717) is 5.41 Å². The lowest BCUT2D eigenvalue weighted by Crippen LogP contribution is -2.39. The molecule has 0 saturated carbocycles. The van der Waals surface area contributed by atoms with E-state index in [1.807, 2.05) is 0 Å². The van der Waals surface area contributed by atoms with E-state index in [4.69, 9.17) is 0 Å². The first-order chi connectivity index (χ1) is 11.8. The molecule has 4 rings (SSSR count). The van der Waals surface area contributed by atoms with Gasteiger partial charge in [0.15, 0.2) is 11.0 Å². The lowest BCUT2D eigenvalue weighted by molar-refractivity contribution is -0.664. The summed E-state index contributed by atoms with van der Waals surface area (Å²) in [5.74, 6) is 1.35. The van der Waals surface area contributed by atoms with Gasteiger partial charge in [-0.3, -0.25) is 0 Å². The average Bonchev–Trinajstić information content (AvgIpc) is 2.81. The first-order valence-corrected chi connectivity index (χ1v) is 9.45. The summed E-state index contributed by atoms with van der Waals surface area (Å²) in [6, 6.07) is 13.7. The van der Waals surface area contributed by atoms with Crippen LogP contribution in [0.25, 0.3) is 22.4 Å². The zero-order chi connectivity index (χ0) is 17.8. The number of nitrogens with zero attached hydrogens (tertiary/aromatic N) is 2. The standard InChI is InChI=1S/C23H29N2/c1-16-9-6-7-11-19(16)22-24(5)20-14-17(15-23(2,3)4)13-18-10-8-12-25(22)21(18)20/h6-7,9,11,13-14H,8,10,12,15H2,1-5H3/q+1. The Morgan fingerprint density at radius 1 is 1.12 bits per heavy atom. The van der Waals surface area contributed by atoms with Crippen LogP contribution in [0.5, 0.6) is 0 Å². The summed E-state index contributed by atoms with van der Waals surface area (Å²) in [6.07, 6.45) is 3.56. The molecule has 0 bridgehead atoms. The second-order valence-corrected chi connectivity index (χ2v) is 8.81. The quantitative estimate of drug-likeness (QED) is 0.585. The summed E-state index contributed by atoms with van der Waals surface area (Å²) in [6.45, 7) is 10.3. The maximum absolute atomic E-state index is 2.55. The van der Waals surface area contributed by atoms with Crippen LogP contribution in [0.15, 0.2) is 36.4 Å². The maximum Gasteiger partial charge on any atom is 0.289 e. The van der Waals surface area contributed by atoms with E-state index in [-0.39, 0.29) is 0 Å². The normalized spacial score (nSPS) is 14.3. The van der Waals surface area contributed by atoms with Gasteiger partial charge in [0.25, 0.3) is 5.82 Å². The molecule has 0 saturated heterocycles. The summed E-state index contributed by atoms with van der Waals surface area (Å²) >= 11 is 0. The van der Waals surface area contributed by atoms with Crippen LogP contribution in [0.3, 0.4) is 0 Å². The largest absolute Gasteiger partial charge is 0.289 e. The molecule has 130 valence electrons. The highest BCUT2D eigenvalue weighted by molar-refractivity contribution is 5.81. The third-order valence-corrected chi connectivity index (χ3v) is 5.38. The fourth-order valence-electron chi connectivity index (χ4n) is 4.41. The predicted molar refractivity (Wildman–Crippen MR) is 105 cm³/mol. The van der Waals surface area contributed by atoms with Gasteiger partial charge in [0.2, 0.25) is 0 Å². The third-order valence-electron chi connectivity index (χ3n) is 5.38. The highest BCUT2D eigenvalue weighted by Crippen LogP contribution is 2.32. The lowest BCUT2D eigenvalue weighted by atomic mass is 9.87. The van der Waals surface area contributed by atoms with Crippen LogP contribution >= 0.6 is 0 Å². The Hall–Kier alpha value is -2.09. The second-order valence-electron chi connectivity index (χ2n) is 8.81. The molecule has 3 aromatic rings. The molecule has 2 heterocycles. The molecule has 1 aromatic heterocycles. The van der Waals surface area contributed by atoms with E-state index in [1.54, 1.807) is 0 Å². The molecule has 2 nitrogen and oxygen atoms in total. The van der Waals surface area contributed by atoms with Gasteiger partial charge in [-0.25, -0.2) is 9.13 Å². The molecule has 25 heavy (non-hydrogen) atoms. The van der Waals surface area contributed by atoms with Crippen molar-refractivity contribution >= 4 is 11.0 Å². The minimum absolute atomic E-state index is 0.315. The van der Waals surface area contributed by atoms with Gasteiger partial charge in [-0.1, -0.05) is 45.0 Å². The third kappa shape index (κ3) is 2.78. The van der Waals surface area contributed by atoms with Crippen molar-refractivity contribution in [2.45, 2.75) is 53.5 Å². The van der Waals surface area contributed by atoms with Gasteiger partial charge in [0.05, 0.1) is 19.2 Å². The van der Waals surface area contributed by atoms with Crippen molar-refractivity contribution in [1.82, 2.24) is 4.57 Å². The number of hydrogen-bond acceptors (Lipinski definition) is 0. The summed E-state index contributed by atoms with van der Waals surface area (Å²) in [5.41, 5.74) is 8.85. The minimum atomic E-state index is 0.315. The second kappa shape index (κ2) is 5.72. The molecule has 0 atom stereocenters. The van der Waals surface area contributed by atoms with Crippen molar-refractivity contribution in [1.29, 1.82) is 0 Å². The highest BCUT2D eigenvalue weighted by atomic mass is 15.2. The van der Waals surface area contributed by atoms with Gasteiger partial charge in [-0.2, -0.15) is 0 Å². The lowest BCUT2D eigenvalue weighted by Gasteiger charge is -2.19. The Balaban J connectivity index is 2.00. The van der Waals surface area contributed by atoms with Gasteiger partial charge in [-0.15, -0.1) is 0 Å². The van der Waals surface area contributed by atoms with Gasteiger partial charge in [0, 0.05) is 5.56 Å². The number of aryl methyl sites for hydroxylation is 4. The SMILES string of the molecule is Cc1ccccc1-c1n(C)c2cc(CC(C)(C)C)cc3c2[n+]1CCC3. The smallest absolute Gasteiger partial charge is 0.226 e. The number of rotatable bonds is 2. The molecule has 0 spiro atoms. The van der Waals surface area contributed by atoms with Gasteiger partial charge >= 0.3 is 0 Å². The molecule has 0 unspecified atom stereocenters. The molecule has 1 aliphatic heterocycles. The summed E-state index contributed by atoms with van der Waals surface area (Å²) in [7, 11) is 2.23. The highest BCUT2D eigenvalue weighted by Gasteiger charge is 2.30. The summed E-state index contributed by atoms with van der Waals surface area (Å²) in [5, 5.41) is 0. The fraction of sp³-hybridized carbons (Fsp3) is 0.435. The predicted octanol–water partition coefficient (Wildman–Crippen LogP) is 4.98. The monoisotopic (exact) mass is 333 g/mol. The number of aromatic nitrogens is 2. The molecular formula is C23H29N2+. The zero-order valence-corrected chi connectivity index (χ0v) is 16.2. The van der Waals surface area contributed by atoms with Gasteiger partial charge in [0.1, 0.15) is 0 Å². The number of imidazole rings is 1. The van der Waals surface area contributed by atoms with E-state index in [0.717, 1.165) is 13.0 Å². The molecule has 0 fully saturated rings. The topological polar surface area (TPSA) is 8.81 Å². The van der Waals surface area contributed by atoms with Crippen LogP contribution in [0.1, 0.15) is 43.9 Å². The minimum Gasteiger partial charge on any atom is -0.226 e. The van der Waals surface area contributed by atoms with Crippen molar-refractivity contribution < 1.29 is 4.57 Å². The van der Waals surface area contributed by atoms with Gasteiger partial charge < -0.3 is 0 Å². The van der Waals surface area contributed by atoms with E-state index in [2.05, 4.69) is 80.3 Å². The van der Waals surface area contributed by atoms with Crippen molar-refractivity contribution in [2.24, 2.45) is 12.5 Å². The molecule has 2 heteroatoms. The van der Waals surface area contributed by atoms with Crippen molar-refractivity contribution in [3.63, 3.8) is 0 Å². The van der Waals surface area contributed by atoms with Crippen LogP contribution in [0, 0.1) is 12.3 Å². The Kier molecular flexibility index (Phi) is 3.75. The first-order valence-electron chi connectivity index (χ1n) is 9.45. The number of hydrogen-bond donors (Lipinski definition) is 0. The van der Waals surface area contributed by atoms with Crippen molar-refractivity contribution in [3.05, 3.63) is 53.1 Å². The van der Waals surface area contributed by atoms with Crippen LogP contribution < -0.4 is 4.57 Å². The van der Waals surface area contributed by atoms with E-state index in [9.17, 15) is 0 Å². The summed E-state index contributed by atoms with van der Waals surface area (Å²) in [4.78, 5) is 0. The molecule has 1 aliphatic rings. The molecular weight excluding hydrogens is 304 g/mol. The molecule has 0 aliphatic carbocycles. The Bertz CT molecular complexity index is 954. The van der Waals surface area contributed by atoms with Crippen LogP contribution in [0.2, 0.25) is 0 Å². The maximum atomic E-state index is 2.55. The molecule has 0 N–H and O–H groups in total. The Labute approximate surface area is 151 Å². The first kappa shape index (κ1) is 16.4. The Morgan fingerprint density at radius 2 is 1.88 bits per heavy atom. The van der Waals surface area contributed by atoms with E-state index < -0.39 is 0 Å². The fourth-order valence-corrected chi connectivity index (χ4v) is 4.41. The van der Waals surface area contributed by atoms with Crippen molar-refractivity contribution in [3.8, 4) is 11.4 Å². The van der Waals surface area contributed by atoms with Crippen LogP contribution in [-0.4, -0.2) is 4.57 Å². The van der Waals surface area contributed by atoms with Crippen LogP contribution in [0.4, 0.5) is 0 Å². The average molecular weight is 333 g/mol.